The zero-order valence-corrected chi connectivity index (χ0v) is 22.6. The summed E-state index contributed by atoms with van der Waals surface area (Å²) in [5, 5.41) is 20.9. The molecule has 2 aliphatic rings. The molecule has 2 aliphatic carbocycles. The smallest absolute Gasteiger partial charge is 0.258 e. The van der Waals surface area contributed by atoms with Crippen molar-refractivity contribution in [3.8, 4) is 5.88 Å². The lowest BCUT2D eigenvalue weighted by Gasteiger charge is -2.47. The van der Waals surface area contributed by atoms with Crippen LogP contribution in [0.15, 0.2) is 12.3 Å². The fourth-order valence-corrected chi connectivity index (χ4v) is 5.54. The van der Waals surface area contributed by atoms with Crippen molar-refractivity contribution in [3.05, 3.63) is 17.8 Å². The first-order valence-corrected chi connectivity index (χ1v) is 13.2. The number of amides is 2. The molecule has 3 rings (SSSR count). The molecule has 0 radical (unpaired) electrons. The minimum absolute atomic E-state index is 0.0225. The van der Waals surface area contributed by atoms with Gasteiger partial charge in [0, 0.05) is 19.4 Å². The van der Waals surface area contributed by atoms with Crippen LogP contribution in [0.4, 0.5) is 0 Å². The third-order valence-electron chi connectivity index (χ3n) is 7.23. The number of ether oxygens (including phenoxy) is 2. The molecule has 9 heteroatoms. The highest BCUT2D eigenvalue weighted by molar-refractivity contribution is 5.96. The molecule has 0 aromatic carbocycles. The van der Waals surface area contributed by atoms with E-state index in [4.69, 9.17) is 9.47 Å². The minimum Gasteiger partial charge on any atom is -0.477 e. The molecule has 1 aromatic rings. The molecular formula is C27H44N4O5. The predicted octanol–water partition coefficient (Wildman–Crippen LogP) is 3.24. The number of nitrogens with one attached hydrogen (secondary N) is 2. The van der Waals surface area contributed by atoms with Crippen LogP contribution in [-0.4, -0.2) is 64.7 Å². The summed E-state index contributed by atoms with van der Waals surface area (Å²) in [4.78, 5) is 25.4. The molecule has 1 aromatic heterocycles. The molecule has 1 heterocycles. The van der Waals surface area contributed by atoms with E-state index in [1.165, 1.54) is 13.3 Å². The first-order chi connectivity index (χ1) is 17.0. The number of rotatable bonds is 11. The van der Waals surface area contributed by atoms with Gasteiger partial charge in [-0.15, -0.1) is 0 Å². The fourth-order valence-electron chi connectivity index (χ4n) is 5.54. The van der Waals surface area contributed by atoms with E-state index in [1.54, 1.807) is 17.0 Å². The molecule has 0 spiro atoms. The Morgan fingerprint density at radius 3 is 2.50 bits per heavy atom. The summed E-state index contributed by atoms with van der Waals surface area (Å²) in [6, 6.07) is 0.0514. The van der Waals surface area contributed by atoms with Crippen molar-refractivity contribution in [3.63, 3.8) is 0 Å². The van der Waals surface area contributed by atoms with Crippen LogP contribution in [0, 0.1) is 23.7 Å². The van der Waals surface area contributed by atoms with Gasteiger partial charge in [0.25, 0.3) is 5.91 Å². The minimum atomic E-state index is -0.657. The van der Waals surface area contributed by atoms with E-state index in [2.05, 4.69) is 22.7 Å². The molecule has 0 aliphatic heterocycles. The van der Waals surface area contributed by atoms with E-state index in [-0.39, 0.29) is 48.3 Å². The van der Waals surface area contributed by atoms with Gasteiger partial charge in [0.15, 0.2) is 0 Å². The van der Waals surface area contributed by atoms with E-state index in [9.17, 15) is 14.7 Å². The largest absolute Gasteiger partial charge is 0.477 e. The first kappa shape index (κ1) is 28.2. The van der Waals surface area contributed by atoms with Gasteiger partial charge in [-0.05, 0) is 69.3 Å². The van der Waals surface area contributed by atoms with E-state index in [0.717, 1.165) is 32.1 Å². The number of hydrogen-bond acceptors (Lipinski definition) is 6. The van der Waals surface area contributed by atoms with Crippen molar-refractivity contribution >= 4 is 18.0 Å². The Labute approximate surface area is 215 Å². The lowest BCUT2D eigenvalue weighted by atomic mass is 9.63. The lowest BCUT2D eigenvalue weighted by molar-refractivity contribution is -0.125. The van der Waals surface area contributed by atoms with Crippen LogP contribution >= 0.6 is 0 Å². The second-order valence-electron chi connectivity index (χ2n) is 11.4. The van der Waals surface area contributed by atoms with E-state index >= 15 is 0 Å². The standard InChI is InChI=1S/C27H44N4O5/c1-7-18-10-19-12-21(32)13-20(11-18)24(19)29-25(34)22-14-28-31(26(22)36-15-17(2)3)9-8-27(4,5)30-23(33)16-35-6/h8-9,14,17-21,24,32H,7,10-13,15-16H2,1-6H3,(H,29,34)(H,30,33)/b9-8+. The molecule has 3 N–H and O–H groups in total. The average molecular weight is 505 g/mol. The topological polar surface area (TPSA) is 115 Å². The number of carbonyl (C=O) groups excluding carboxylic acids is 2. The summed E-state index contributed by atoms with van der Waals surface area (Å²) in [6.07, 6.45) is 9.45. The van der Waals surface area contributed by atoms with Crippen molar-refractivity contribution in [2.75, 3.05) is 20.3 Å². The van der Waals surface area contributed by atoms with Gasteiger partial charge in [-0.25, -0.2) is 4.68 Å². The van der Waals surface area contributed by atoms with E-state index in [1.807, 2.05) is 27.7 Å². The number of fused-ring (bicyclic) bond motifs is 2. The van der Waals surface area contributed by atoms with Gasteiger partial charge in [0.1, 0.15) is 12.2 Å². The lowest BCUT2D eigenvalue weighted by Crippen LogP contribution is -2.53. The Balaban J connectivity index is 1.79. The van der Waals surface area contributed by atoms with Crippen molar-refractivity contribution in [1.29, 1.82) is 0 Å². The fraction of sp³-hybridized carbons (Fsp3) is 0.741. The SMILES string of the molecule is CCC1CC2CC(O)CC(C1)C2NC(=O)c1cnn(/C=C/C(C)(C)NC(=O)COC)c1OCC(C)C. The molecular weight excluding hydrogens is 460 g/mol. The number of hydrogen-bond donors (Lipinski definition) is 3. The van der Waals surface area contributed by atoms with Gasteiger partial charge in [0.2, 0.25) is 11.8 Å². The highest BCUT2D eigenvalue weighted by Gasteiger charge is 2.43. The van der Waals surface area contributed by atoms with Gasteiger partial charge in [0.05, 0.1) is 24.4 Å². The third kappa shape index (κ3) is 7.32. The second kappa shape index (κ2) is 12.2. The molecule has 2 fully saturated rings. The first-order valence-electron chi connectivity index (χ1n) is 13.2. The zero-order valence-electron chi connectivity index (χ0n) is 22.6. The van der Waals surface area contributed by atoms with Crippen LogP contribution in [0.5, 0.6) is 5.88 Å². The second-order valence-corrected chi connectivity index (χ2v) is 11.4. The Morgan fingerprint density at radius 2 is 1.92 bits per heavy atom. The predicted molar refractivity (Wildman–Crippen MR) is 138 cm³/mol. The molecule has 36 heavy (non-hydrogen) atoms. The summed E-state index contributed by atoms with van der Waals surface area (Å²) in [7, 11) is 1.47. The van der Waals surface area contributed by atoms with Gasteiger partial charge in [-0.2, -0.15) is 5.10 Å². The number of carbonyl (C=O) groups is 2. The Hall–Kier alpha value is -2.39. The van der Waals surface area contributed by atoms with Crippen LogP contribution in [0.3, 0.4) is 0 Å². The maximum Gasteiger partial charge on any atom is 0.258 e. The Kier molecular flexibility index (Phi) is 9.58. The molecule has 0 saturated heterocycles. The maximum atomic E-state index is 13.5. The van der Waals surface area contributed by atoms with E-state index < -0.39 is 5.54 Å². The summed E-state index contributed by atoms with van der Waals surface area (Å²) < 4.78 is 12.5. The van der Waals surface area contributed by atoms with Crippen LogP contribution in [0.25, 0.3) is 6.20 Å². The van der Waals surface area contributed by atoms with Crippen LogP contribution in [0.2, 0.25) is 0 Å². The summed E-state index contributed by atoms with van der Waals surface area (Å²) in [5.41, 5.74) is -0.270. The normalized spacial score (nSPS) is 26.3. The van der Waals surface area contributed by atoms with Gasteiger partial charge >= 0.3 is 0 Å². The number of aliphatic hydroxyl groups is 1. The van der Waals surface area contributed by atoms with Crippen LogP contribution < -0.4 is 15.4 Å². The van der Waals surface area contributed by atoms with Gasteiger partial charge in [-0.3, -0.25) is 9.59 Å². The zero-order chi connectivity index (χ0) is 26.5. The molecule has 202 valence electrons. The Bertz CT molecular complexity index is 909. The number of nitrogens with zero attached hydrogens (tertiary/aromatic N) is 2. The molecule has 2 unspecified atom stereocenters. The van der Waals surface area contributed by atoms with Crippen molar-refractivity contribution < 1.29 is 24.2 Å². The highest BCUT2D eigenvalue weighted by atomic mass is 16.5. The van der Waals surface area contributed by atoms with Gasteiger partial charge in [-0.1, -0.05) is 27.2 Å². The average Bonchev–Trinajstić information content (AvgIpc) is 3.19. The Morgan fingerprint density at radius 1 is 1.25 bits per heavy atom. The number of aromatic nitrogens is 2. The highest BCUT2D eigenvalue weighted by Crippen LogP contribution is 2.44. The quantitative estimate of drug-likeness (QED) is 0.426. The van der Waals surface area contributed by atoms with Crippen molar-refractivity contribution in [2.24, 2.45) is 23.7 Å². The molecule has 9 nitrogen and oxygen atoms in total. The third-order valence-corrected chi connectivity index (χ3v) is 7.23. The maximum absolute atomic E-state index is 13.5. The van der Waals surface area contributed by atoms with Crippen LogP contribution in [-0.2, 0) is 9.53 Å². The van der Waals surface area contributed by atoms with Crippen molar-refractivity contribution in [1.82, 2.24) is 20.4 Å². The molecule has 2 bridgehead atoms. The summed E-state index contributed by atoms with van der Waals surface area (Å²) >= 11 is 0. The van der Waals surface area contributed by atoms with Crippen LogP contribution in [0.1, 0.15) is 77.1 Å². The number of aliphatic hydroxyl groups excluding tert-OH is 1. The van der Waals surface area contributed by atoms with E-state index in [0.29, 0.717) is 24.0 Å². The summed E-state index contributed by atoms with van der Waals surface area (Å²) in [6.45, 7) is 10.5. The molecule has 2 saturated carbocycles. The summed E-state index contributed by atoms with van der Waals surface area (Å²) in [5.74, 6) is 1.45. The molecule has 2 atom stereocenters. The van der Waals surface area contributed by atoms with Gasteiger partial charge < -0.3 is 25.2 Å². The molecule has 2 amide bonds. The monoisotopic (exact) mass is 504 g/mol. The number of methoxy groups -OCH3 is 1. The van der Waals surface area contributed by atoms with Crippen molar-refractivity contribution in [2.45, 2.75) is 84.4 Å².